The number of piperidine rings is 1. The summed E-state index contributed by atoms with van der Waals surface area (Å²) in [6.45, 7) is 1.12. The van der Waals surface area contributed by atoms with Crippen LogP contribution < -0.4 is 20.1 Å². The molecule has 4 aromatic rings. The second-order valence-electron chi connectivity index (χ2n) is 8.41. The molecule has 3 heterocycles. The van der Waals surface area contributed by atoms with E-state index in [1.54, 1.807) is 48.8 Å². The highest BCUT2D eigenvalue weighted by Gasteiger charge is 2.43. The van der Waals surface area contributed by atoms with E-state index in [0.717, 1.165) is 13.0 Å². The highest BCUT2D eigenvalue weighted by Crippen LogP contribution is 2.39. The SMILES string of the molecule is COc1cc2ncnc(Nc3cccc(Cl)c3F)c2cc1O[C@]1(C(=O)c2ccncc2)CCCNC1. The van der Waals surface area contributed by atoms with E-state index >= 15 is 0 Å². The summed E-state index contributed by atoms with van der Waals surface area (Å²) in [4.78, 5) is 26.3. The normalized spacial score (nSPS) is 17.5. The molecular weight excluding hydrogens is 485 g/mol. The van der Waals surface area contributed by atoms with Gasteiger partial charge in [0.1, 0.15) is 12.1 Å². The number of ketones is 1. The first-order chi connectivity index (χ1) is 17.5. The average Bonchev–Trinajstić information content (AvgIpc) is 2.92. The van der Waals surface area contributed by atoms with Gasteiger partial charge in [0.15, 0.2) is 22.9 Å². The number of Topliss-reactive ketones (excluding diaryl/α,β-unsaturated/α-hetero) is 1. The summed E-state index contributed by atoms with van der Waals surface area (Å²) in [7, 11) is 1.52. The van der Waals surface area contributed by atoms with Gasteiger partial charge in [-0.2, -0.15) is 0 Å². The van der Waals surface area contributed by atoms with Gasteiger partial charge in [0.05, 0.1) is 23.3 Å². The fourth-order valence-electron chi connectivity index (χ4n) is 4.31. The van der Waals surface area contributed by atoms with Crippen LogP contribution in [0, 0.1) is 5.82 Å². The third kappa shape index (κ3) is 4.55. The van der Waals surface area contributed by atoms with Crippen LogP contribution >= 0.6 is 11.6 Å². The highest BCUT2D eigenvalue weighted by molar-refractivity contribution is 6.31. The Bertz CT molecular complexity index is 1410. The Morgan fingerprint density at radius 3 is 2.75 bits per heavy atom. The van der Waals surface area contributed by atoms with Crippen LogP contribution in [0.2, 0.25) is 5.02 Å². The molecule has 8 nitrogen and oxygen atoms in total. The van der Waals surface area contributed by atoms with Gasteiger partial charge in [0.2, 0.25) is 5.78 Å². The maximum absolute atomic E-state index is 14.6. The maximum atomic E-state index is 14.6. The molecule has 36 heavy (non-hydrogen) atoms. The Hall–Kier alpha value is -3.82. The second-order valence-corrected chi connectivity index (χ2v) is 8.82. The molecule has 5 rings (SSSR count). The van der Waals surface area contributed by atoms with Crippen molar-refractivity contribution >= 4 is 39.8 Å². The number of halogens is 2. The van der Waals surface area contributed by atoms with E-state index in [1.807, 2.05) is 0 Å². The molecule has 1 atom stereocenters. The molecule has 10 heteroatoms. The number of carbonyl (C=O) groups is 1. The number of nitrogens with one attached hydrogen (secondary N) is 2. The van der Waals surface area contributed by atoms with Crippen LogP contribution in [-0.2, 0) is 0 Å². The molecule has 0 radical (unpaired) electrons. The molecular formula is C26H23ClFN5O3. The molecule has 1 fully saturated rings. The van der Waals surface area contributed by atoms with Crippen LogP contribution in [0.25, 0.3) is 10.9 Å². The summed E-state index contributed by atoms with van der Waals surface area (Å²) in [6.07, 6.45) is 5.81. The van der Waals surface area contributed by atoms with Crippen LogP contribution in [-0.4, -0.2) is 46.5 Å². The number of rotatable bonds is 7. The first-order valence-corrected chi connectivity index (χ1v) is 11.8. The van der Waals surface area contributed by atoms with Gasteiger partial charge in [-0.05, 0) is 49.7 Å². The molecule has 2 aromatic heterocycles. The fourth-order valence-corrected chi connectivity index (χ4v) is 4.49. The zero-order chi connectivity index (χ0) is 25.1. The van der Waals surface area contributed by atoms with Crippen molar-refractivity contribution < 1.29 is 18.7 Å². The standard InChI is InChI=1S/C26H23ClFN5O3/c1-35-21-13-20-17(25(32-15-31-20)33-19-5-2-4-18(27)23(19)28)12-22(21)36-26(8-3-9-30-14-26)24(34)16-6-10-29-11-7-16/h2,4-7,10-13,15,30H,3,8-9,14H2,1H3,(H,31,32,33)/t26-/m1/s1. The Balaban J connectivity index is 1.58. The van der Waals surface area contributed by atoms with Crippen molar-refractivity contribution in [1.29, 1.82) is 0 Å². The van der Waals surface area contributed by atoms with Crippen LogP contribution in [0.4, 0.5) is 15.9 Å². The number of aromatic nitrogens is 3. The average molecular weight is 508 g/mol. The van der Waals surface area contributed by atoms with Crippen LogP contribution in [0.5, 0.6) is 11.5 Å². The zero-order valence-corrected chi connectivity index (χ0v) is 20.2. The van der Waals surface area contributed by atoms with Crippen molar-refractivity contribution in [3.63, 3.8) is 0 Å². The van der Waals surface area contributed by atoms with Gasteiger partial charge in [-0.1, -0.05) is 17.7 Å². The highest BCUT2D eigenvalue weighted by atomic mass is 35.5. The van der Waals surface area contributed by atoms with E-state index < -0.39 is 11.4 Å². The summed E-state index contributed by atoms with van der Waals surface area (Å²) in [6, 6.07) is 11.4. The van der Waals surface area contributed by atoms with Crippen molar-refractivity contribution in [3.8, 4) is 11.5 Å². The Labute approximate surface area is 211 Å². The monoisotopic (exact) mass is 507 g/mol. The number of anilines is 2. The van der Waals surface area contributed by atoms with Crippen LogP contribution in [0.15, 0.2) is 61.2 Å². The molecule has 0 spiro atoms. The smallest absolute Gasteiger partial charge is 0.207 e. The summed E-state index contributed by atoms with van der Waals surface area (Å²) in [5.41, 5.74) is 0.0793. The number of hydrogen-bond donors (Lipinski definition) is 2. The van der Waals surface area contributed by atoms with E-state index in [0.29, 0.717) is 46.7 Å². The molecule has 1 aliphatic heterocycles. The number of pyridine rings is 1. The molecule has 0 saturated carbocycles. The number of benzene rings is 2. The molecule has 1 aliphatic rings. The number of hydrogen-bond acceptors (Lipinski definition) is 8. The number of fused-ring (bicyclic) bond motifs is 1. The first kappa shape index (κ1) is 23.9. The van der Waals surface area contributed by atoms with Crippen molar-refractivity contribution in [3.05, 3.63) is 77.6 Å². The predicted molar refractivity (Wildman–Crippen MR) is 135 cm³/mol. The third-order valence-electron chi connectivity index (χ3n) is 6.13. The minimum absolute atomic E-state index is 0.00887. The lowest BCUT2D eigenvalue weighted by molar-refractivity contribution is 0.0322. The van der Waals surface area contributed by atoms with Crippen LogP contribution in [0.3, 0.4) is 0 Å². The summed E-state index contributed by atoms with van der Waals surface area (Å²) >= 11 is 5.94. The lowest BCUT2D eigenvalue weighted by Gasteiger charge is -2.37. The van der Waals surface area contributed by atoms with Crippen molar-refractivity contribution in [2.24, 2.45) is 0 Å². The molecule has 2 aromatic carbocycles. The third-order valence-corrected chi connectivity index (χ3v) is 6.42. The Morgan fingerprint density at radius 2 is 2.00 bits per heavy atom. The van der Waals surface area contributed by atoms with Crippen molar-refractivity contribution in [2.45, 2.75) is 18.4 Å². The molecule has 2 N–H and O–H groups in total. The number of methoxy groups -OCH3 is 1. The molecule has 0 unspecified atom stereocenters. The van der Waals surface area contributed by atoms with Gasteiger partial charge in [0.25, 0.3) is 0 Å². The van der Waals surface area contributed by atoms with Crippen molar-refractivity contribution in [1.82, 2.24) is 20.3 Å². The van der Waals surface area contributed by atoms with Crippen molar-refractivity contribution in [2.75, 3.05) is 25.5 Å². The van der Waals surface area contributed by atoms with Gasteiger partial charge < -0.3 is 20.1 Å². The molecule has 1 saturated heterocycles. The second kappa shape index (κ2) is 10.0. The zero-order valence-electron chi connectivity index (χ0n) is 19.4. The lowest BCUT2D eigenvalue weighted by atomic mass is 9.86. The minimum atomic E-state index is -1.15. The van der Waals surface area contributed by atoms with E-state index in [1.165, 1.54) is 19.5 Å². The van der Waals surface area contributed by atoms with E-state index in [4.69, 9.17) is 21.1 Å². The summed E-state index contributed by atoms with van der Waals surface area (Å²) < 4.78 is 26.7. The summed E-state index contributed by atoms with van der Waals surface area (Å²) in [5.74, 6) is 0.369. The molecule has 0 amide bonds. The van der Waals surface area contributed by atoms with Gasteiger partial charge in [0, 0.05) is 36.0 Å². The number of ether oxygens (including phenoxy) is 2. The number of nitrogens with zero attached hydrogens (tertiary/aromatic N) is 3. The van der Waals surface area contributed by atoms with Gasteiger partial charge >= 0.3 is 0 Å². The Kier molecular flexibility index (Phi) is 6.67. The van der Waals surface area contributed by atoms with Gasteiger partial charge in [-0.3, -0.25) is 9.78 Å². The van der Waals surface area contributed by atoms with Gasteiger partial charge in [-0.25, -0.2) is 14.4 Å². The van der Waals surface area contributed by atoms with E-state index in [9.17, 15) is 9.18 Å². The quantitative estimate of drug-likeness (QED) is 0.339. The minimum Gasteiger partial charge on any atom is -0.493 e. The first-order valence-electron chi connectivity index (χ1n) is 11.4. The fraction of sp³-hybridized carbons (Fsp3) is 0.231. The largest absolute Gasteiger partial charge is 0.493 e. The van der Waals surface area contributed by atoms with Crippen LogP contribution in [0.1, 0.15) is 23.2 Å². The Morgan fingerprint density at radius 1 is 1.17 bits per heavy atom. The lowest BCUT2D eigenvalue weighted by Crippen LogP contribution is -2.55. The molecule has 0 aliphatic carbocycles. The van der Waals surface area contributed by atoms with E-state index in [2.05, 4.69) is 25.6 Å². The predicted octanol–water partition coefficient (Wildman–Crippen LogP) is 4.95. The maximum Gasteiger partial charge on any atom is 0.207 e. The topological polar surface area (TPSA) is 98.3 Å². The van der Waals surface area contributed by atoms with Gasteiger partial charge in [-0.15, -0.1) is 0 Å². The number of carbonyl (C=O) groups excluding carboxylic acids is 1. The van der Waals surface area contributed by atoms with E-state index in [-0.39, 0.29) is 16.5 Å². The molecule has 184 valence electrons. The molecule has 0 bridgehead atoms. The summed E-state index contributed by atoms with van der Waals surface area (Å²) in [5, 5.41) is 6.82.